The van der Waals surface area contributed by atoms with Gasteiger partial charge in [0.25, 0.3) is 5.91 Å². The molecule has 0 saturated carbocycles. The maximum Gasteiger partial charge on any atom is 0.270 e. The molecule has 6 nitrogen and oxygen atoms in total. The predicted octanol–water partition coefficient (Wildman–Crippen LogP) is 2.55. The molecule has 0 aliphatic heterocycles. The molecule has 7 heteroatoms. The highest BCUT2D eigenvalue weighted by atomic mass is 19.1. The second-order valence-corrected chi connectivity index (χ2v) is 5.24. The molecule has 0 bridgehead atoms. The third-order valence-corrected chi connectivity index (χ3v) is 3.47. The second-order valence-electron chi connectivity index (χ2n) is 5.24. The van der Waals surface area contributed by atoms with Gasteiger partial charge < -0.3 is 10.6 Å². The molecule has 0 fully saturated rings. The van der Waals surface area contributed by atoms with Crippen molar-refractivity contribution in [2.45, 2.75) is 13.1 Å². The van der Waals surface area contributed by atoms with Crippen molar-refractivity contribution in [1.29, 1.82) is 0 Å². The van der Waals surface area contributed by atoms with Gasteiger partial charge in [-0.15, -0.1) is 0 Å². The van der Waals surface area contributed by atoms with Gasteiger partial charge in [-0.2, -0.15) is 0 Å². The van der Waals surface area contributed by atoms with Gasteiger partial charge in [-0.05, 0) is 18.2 Å². The van der Waals surface area contributed by atoms with Crippen LogP contribution >= 0.6 is 0 Å². The summed E-state index contributed by atoms with van der Waals surface area (Å²) in [4.78, 5) is 24.4. The van der Waals surface area contributed by atoms with Crippen molar-refractivity contribution in [3.8, 4) is 0 Å². The molecule has 2 heterocycles. The Bertz CT molecular complexity index is 857. The summed E-state index contributed by atoms with van der Waals surface area (Å²) in [6, 6.07) is 13.5. The zero-order valence-corrected chi connectivity index (χ0v) is 13.3. The van der Waals surface area contributed by atoms with E-state index in [0.717, 1.165) is 5.69 Å². The molecule has 0 radical (unpaired) electrons. The molecule has 0 atom stereocenters. The number of nitrogens with zero attached hydrogens (tertiary/aromatic N) is 3. The Morgan fingerprint density at radius 3 is 2.64 bits per heavy atom. The van der Waals surface area contributed by atoms with E-state index in [0.29, 0.717) is 17.9 Å². The average Bonchev–Trinajstić information content (AvgIpc) is 2.66. The third-order valence-electron chi connectivity index (χ3n) is 3.47. The summed E-state index contributed by atoms with van der Waals surface area (Å²) in [5.74, 6) is -0.244. The lowest BCUT2D eigenvalue weighted by molar-refractivity contribution is 0.0945. The molecule has 126 valence electrons. The minimum absolute atomic E-state index is 0.0895. The molecular formula is C18H16FN5O. The fraction of sp³-hybridized carbons (Fsp3) is 0.111. The van der Waals surface area contributed by atoms with Gasteiger partial charge in [0.2, 0.25) is 0 Å². The number of anilines is 1. The molecule has 0 unspecified atom stereocenters. The van der Waals surface area contributed by atoms with Crippen LogP contribution < -0.4 is 10.6 Å². The zero-order valence-electron chi connectivity index (χ0n) is 13.3. The van der Waals surface area contributed by atoms with E-state index in [1.807, 2.05) is 18.2 Å². The number of nitrogens with one attached hydrogen (secondary N) is 2. The Labute approximate surface area is 144 Å². The van der Waals surface area contributed by atoms with E-state index in [4.69, 9.17) is 0 Å². The number of carbonyl (C=O) groups excluding carboxylic acids is 1. The van der Waals surface area contributed by atoms with E-state index in [-0.39, 0.29) is 18.1 Å². The number of hydrogen-bond acceptors (Lipinski definition) is 5. The summed E-state index contributed by atoms with van der Waals surface area (Å²) >= 11 is 0. The van der Waals surface area contributed by atoms with Crippen LogP contribution in [0.25, 0.3) is 0 Å². The van der Waals surface area contributed by atoms with Gasteiger partial charge in [0.1, 0.15) is 23.7 Å². The number of carbonyl (C=O) groups is 1. The number of benzene rings is 1. The van der Waals surface area contributed by atoms with Crippen LogP contribution in [-0.2, 0) is 13.1 Å². The molecule has 3 rings (SSSR count). The molecule has 2 N–H and O–H groups in total. The lowest BCUT2D eigenvalue weighted by Gasteiger charge is -2.08. The van der Waals surface area contributed by atoms with Crippen molar-refractivity contribution in [3.05, 3.63) is 83.8 Å². The molecule has 25 heavy (non-hydrogen) atoms. The number of aromatic nitrogens is 3. The lowest BCUT2D eigenvalue weighted by Crippen LogP contribution is -2.24. The Hall–Kier alpha value is -3.35. The zero-order chi connectivity index (χ0) is 17.5. The molecule has 1 amide bonds. The standard InChI is InChI=1S/C18H16FN5O/c19-15-7-2-1-5-13(15)10-22-18(25)16-9-17(24-12-23-16)21-11-14-6-3-4-8-20-14/h1-9,12H,10-11H2,(H,22,25)(H,21,23,24). The smallest absolute Gasteiger partial charge is 0.270 e. The summed E-state index contributed by atoms with van der Waals surface area (Å²) in [5, 5.41) is 5.73. The van der Waals surface area contributed by atoms with Crippen molar-refractivity contribution < 1.29 is 9.18 Å². The van der Waals surface area contributed by atoms with Crippen molar-refractivity contribution >= 4 is 11.7 Å². The second kappa shape index (κ2) is 7.96. The van der Waals surface area contributed by atoms with Crippen LogP contribution in [0.15, 0.2) is 61.1 Å². The van der Waals surface area contributed by atoms with Crippen LogP contribution in [0.2, 0.25) is 0 Å². The van der Waals surface area contributed by atoms with E-state index in [1.54, 1.807) is 30.5 Å². The Morgan fingerprint density at radius 2 is 1.84 bits per heavy atom. The van der Waals surface area contributed by atoms with Crippen LogP contribution in [0.1, 0.15) is 21.7 Å². The van der Waals surface area contributed by atoms with Crippen molar-refractivity contribution in [1.82, 2.24) is 20.3 Å². The molecule has 0 aliphatic carbocycles. The predicted molar refractivity (Wildman–Crippen MR) is 91.2 cm³/mol. The number of amides is 1. The summed E-state index contributed by atoms with van der Waals surface area (Å²) in [6.45, 7) is 0.570. The molecule has 0 aliphatic rings. The fourth-order valence-electron chi connectivity index (χ4n) is 2.17. The molecule has 2 aromatic heterocycles. The van der Waals surface area contributed by atoms with E-state index < -0.39 is 5.91 Å². The maximum absolute atomic E-state index is 13.6. The minimum Gasteiger partial charge on any atom is -0.364 e. The van der Waals surface area contributed by atoms with E-state index in [2.05, 4.69) is 25.6 Å². The van der Waals surface area contributed by atoms with Crippen molar-refractivity contribution in [3.63, 3.8) is 0 Å². The molecular weight excluding hydrogens is 321 g/mol. The van der Waals surface area contributed by atoms with Gasteiger partial charge in [0, 0.05) is 24.4 Å². The summed E-state index contributed by atoms with van der Waals surface area (Å²) < 4.78 is 13.6. The van der Waals surface area contributed by atoms with Gasteiger partial charge in [-0.3, -0.25) is 9.78 Å². The quantitative estimate of drug-likeness (QED) is 0.723. The topological polar surface area (TPSA) is 79.8 Å². The van der Waals surface area contributed by atoms with Crippen LogP contribution in [0, 0.1) is 5.82 Å². The maximum atomic E-state index is 13.6. The number of hydrogen-bond donors (Lipinski definition) is 2. The molecule has 3 aromatic rings. The Morgan fingerprint density at radius 1 is 1.00 bits per heavy atom. The number of rotatable bonds is 6. The minimum atomic E-state index is -0.397. The first-order chi connectivity index (χ1) is 12.2. The van der Waals surface area contributed by atoms with E-state index >= 15 is 0 Å². The van der Waals surface area contributed by atoms with Gasteiger partial charge in [0.15, 0.2) is 0 Å². The molecule has 1 aromatic carbocycles. The first-order valence-electron chi connectivity index (χ1n) is 7.70. The highest BCUT2D eigenvalue weighted by Crippen LogP contribution is 2.08. The first kappa shape index (κ1) is 16.5. The van der Waals surface area contributed by atoms with Crippen molar-refractivity contribution in [2.75, 3.05) is 5.32 Å². The average molecular weight is 337 g/mol. The third kappa shape index (κ3) is 4.57. The van der Waals surface area contributed by atoms with Gasteiger partial charge >= 0.3 is 0 Å². The van der Waals surface area contributed by atoms with Crippen LogP contribution in [0.5, 0.6) is 0 Å². The highest BCUT2D eigenvalue weighted by Gasteiger charge is 2.10. The van der Waals surface area contributed by atoms with Gasteiger partial charge in [0.05, 0.1) is 12.2 Å². The summed E-state index contributed by atoms with van der Waals surface area (Å²) in [7, 11) is 0. The Kier molecular flexibility index (Phi) is 5.26. The van der Waals surface area contributed by atoms with Gasteiger partial charge in [-0.1, -0.05) is 24.3 Å². The van der Waals surface area contributed by atoms with Crippen molar-refractivity contribution in [2.24, 2.45) is 0 Å². The van der Waals surface area contributed by atoms with E-state index in [1.165, 1.54) is 12.4 Å². The summed E-state index contributed by atoms with van der Waals surface area (Å²) in [6.07, 6.45) is 3.01. The fourth-order valence-corrected chi connectivity index (χ4v) is 2.17. The lowest BCUT2D eigenvalue weighted by atomic mass is 10.2. The van der Waals surface area contributed by atoms with Crippen LogP contribution in [0.3, 0.4) is 0 Å². The Balaban J connectivity index is 1.60. The van der Waals surface area contributed by atoms with Crippen LogP contribution in [0.4, 0.5) is 10.2 Å². The first-order valence-corrected chi connectivity index (χ1v) is 7.70. The number of pyridine rings is 1. The largest absolute Gasteiger partial charge is 0.364 e. The monoisotopic (exact) mass is 337 g/mol. The van der Waals surface area contributed by atoms with Gasteiger partial charge in [-0.25, -0.2) is 14.4 Å². The van der Waals surface area contributed by atoms with Crippen LogP contribution in [-0.4, -0.2) is 20.9 Å². The van der Waals surface area contributed by atoms with E-state index in [9.17, 15) is 9.18 Å². The highest BCUT2D eigenvalue weighted by molar-refractivity contribution is 5.92. The molecule has 0 spiro atoms. The molecule has 0 saturated heterocycles. The summed E-state index contributed by atoms with van der Waals surface area (Å²) in [5.41, 5.74) is 1.47. The number of halogens is 1. The SMILES string of the molecule is O=C(NCc1ccccc1F)c1cc(NCc2ccccn2)ncn1. The normalized spacial score (nSPS) is 10.3.